The minimum atomic E-state index is -4.64. The Balaban J connectivity index is 1.62. The lowest BCUT2D eigenvalue weighted by Gasteiger charge is -2.42. The monoisotopic (exact) mass is 463 g/mol. The maximum absolute atomic E-state index is 13.8. The Kier molecular flexibility index (Phi) is 5.92. The molecule has 1 heterocycles. The molecule has 4 rings (SSSR count). The van der Waals surface area contributed by atoms with Gasteiger partial charge in [0.15, 0.2) is 0 Å². The summed E-state index contributed by atoms with van der Waals surface area (Å²) in [6.07, 6.45) is -4.98. The second-order valence-corrected chi connectivity index (χ2v) is 7.89. The number of halogens is 5. The van der Waals surface area contributed by atoms with E-state index in [9.17, 15) is 31.9 Å². The zero-order valence-corrected chi connectivity index (χ0v) is 17.1. The predicted molar refractivity (Wildman–Crippen MR) is 108 cm³/mol. The highest BCUT2D eigenvalue weighted by Gasteiger charge is 2.53. The van der Waals surface area contributed by atoms with Crippen LogP contribution in [0.1, 0.15) is 29.7 Å². The molecule has 0 spiro atoms. The fraction of sp³-hybridized carbons (Fsp3) is 0.250. The zero-order valence-electron chi connectivity index (χ0n) is 17.1. The summed E-state index contributed by atoms with van der Waals surface area (Å²) in [5, 5.41) is 9.54. The number of ether oxygens (including phenoxy) is 1. The molecule has 0 aliphatic heterocycles. The topological polar surface area (TPSA) is 59.4 Å². The van der Waals surface area contributed by atoms with E-state index in [1.54, 1.807) is 24.3 Å². The molecule has 0 amide bonds. The summed E-state index contributed by atoms with van der Waals surface area (Å²) in [6, 6.07) is 11.9. The van der Waals surface area contributed by atoms with Crippen LogP contribution in [-0.2, 0) is 23.0 Å². The molecule has 2 aromatic carbocycles. The largest absolute Gasteiger partial charge is 0.433 e. The first-order valence-electron chi connectivity index (χ1n) is 10.0. The zero-order chi connectivity index (χ0) is 23.8. The van der Waals surface area contributed by atoms with Crippen LogP contribution in [0.3, 0.4) is 0 Å². The van der Waals surface area contributed by atoms with Gasteiger partial charge in [-0.15, -0.1) is 0 Å². The first-order chi connectivity index (χ1) is 15.6. The second kappa shape index (κ2) is 8.55. The molecule has 0 saturated heterocycles. The number of nitrogens with zero attached hydrogens (tertiary/aromatic N) is 1. The van der Waals surface area contributed by atoms with Crippen molar-refractivity contribution in [3.8, 4) is 16.9 Å². The van der Waals surface area contributed by atoms with Gasteiger partial charge in [-0.25, -0.2) is 8.78 Å². The summed E-state index contributed by atoms with van der Waals surface area (Å²) >= 11 is 0. The van der Waals surface area contributed by atoms with E-state index in [4.69, 9.17) is 4.74 Å². The van der Waals surface area contributed by atoms with Crippen LogP contribution in [0.15, 0.2) is 60.8 Å². The van der Waals surface area contributed by atoms with Crippen LogP contribution in [0, 0.1) is 5.82 Å². The third-order valence-electron chi connectivity index (χ3n) is 5.75. The summed E-state index contributed by atoms with van der Waals surface area (Å²) in [4.78, 5) is 16.3. The number of alkyl halides is 4. The van der Waals surface area contributed by atoms with E-state index in [1.165, 1.54) is 12.1 Å². The van der Waals surface area contributed by atoms with Crippen LogP contribution in [0.5, 0.6) is 5.75 Å². The van der Waals surface area contributed by atoms with Gasteiger partial charge in [-0.05, 0) is 59.9 Å². The number of hydrogen-bond acceptors (Lipinski definition) is 4. The van der Waals surface area contributed by atoms with Crippen molar-refractivity contribution >= 4 is 5.97 Å². The standard InChI is InChI=1S/C24H18F5NO3/c25-17-5-7-19(8-6-17)33-22(32)23(10-18(26)11-23)16-3-1-14(2-4-16)20-12-30-21(24(27,28)29)9-15(20)13-31/h1-9,12,18,31H,10-11,13H2. The van der Waals surface area contributed by atoms with Crippen LogP contribution in [0.2, 0.25) is 0 Å². The molecule has 4 nitrogen and oxygen atoms in total. The fourth-order valence-electron chi connectivity index (χ4n) is 3.94. The van der Waals surface area contributed by atoms with Crippen molar-refractivity contribution in [2.24, 2.45) is 0 Å². The summed E-state index contributed by atoms with van der Waals surface area (Å²) in [7, 11) is 0. The Morgan fingerprint density at radius 3 is 2.27 bits per heavy atom. The third kappa shape index (κ3) is 4.45. The molecule has 0 unspecified atom stereocenters. The molecule has 1 fully saturated rings. The van der Waals surface area contributed by atoms with Crippen molar-refractivity contribution < 1.29 is 36.6 Å². The van der Waals surface area contributed by atoms with E-state index >= 15 is 0 Å². The molecule has 1 aromatic heterocycles. The predicted octanol–water partition coefficient (Wildman–Crippen LogP) is 5.37. The number of carbonyl (C=O) groups is 1. The Labute approximate surface area is 185 Å². The smallest absolute Gasteiger partial charge is 0.426 e. The third-order valence-corrected chi connectivity index (χ3v) is 5.75. The van der Waals surface area contributed by atoms with E-state index in [2.05, 4.69) is 4.98 Å². The van der Waals surface area contributed by atoms with E-state index < -0.39 is 41.9 Å². The van der Waals surface area contributed by atoms with Gasteiger partial charge in [0.05, 0.1) is 12.0 Å². The molecule has 1 saturated carbocycles. The Morgan fingerprint density at radius 2 is 1.73 bits per heavy atom. The number of hydrogen-bond donors (Lipinski definition) is 1. The van der Waals surface area contributed by atoms with Crippen molar-refractivity contribution in [2.75, 3.05) is 0 Å². The van der Waals surface area contributed by atoms with E-state index in [1.807, 2.05) is 0 Å². The van der Waals surface area contributed by atoms with Crippen molar-refractivity contribution in [2.45, 2.75) is 37.2 Å². The summed E-state index contributed by atoms with van der Waals surface area (Å²) in [6.45, 7) is -0.625. The quantitative estimate of drug-likeness (QED) is 0.314. The van der Waals surface area contributed by atoms with Crippen LogP contribution in [0.4, 0.5) is 22.0 Å². The molecule has 3 aromatic rings. The lowest BCUT2D eigenvalue weighted by Crippen LogP contribution is -2.51. The number of esters is 1. The van der Waals surface area contributed by atoms with E-state index in [-0.39, 0.29) is 24.2 Å². The van der Waals surface area contributed by atoms with Gasteiger partial charge in [0, 0.05) is 11.8 Å². The average Bonchev–Trinajstić information content (AvgIpc) is 2.77. The molecule has 1 aliphatic rings. The van der Waals surface area contributed by atoms with Gasteiger partial charge in [-0.1, -0.05) is 24.3 Å². The van der Waals surface area contributed by atoms with Gasteiger partial charge >= 0.3 is 12.1 Å². The molecule has 33 heavy (non-hydrogen) atoms. The fourth-order valence-corrected chi connectivity index (χ4v) is 3.94. The number of pyridine rings is 1. The number of carbonyl (C=O) groups excluding carboxylic acids is 1. The average molecular weight is 463 g/mol. The van der Waals surface area contributed by atoms with Gasteiger partial charge < -0.3 is 9.84 Å². The van der Waals surface area contributed by atoms with E-state index in [0.717, 1.165) is 24.4 Å². The molecule has 172 valence electrons. The number of aliphatic hydroxyl groups excluding tert-OH is 1. The highest BCUT2D eigenvalue weighted by Crippen LogP contribution is 2.47. The molecule has 0 radical (unpaired) electrons. The molecule has 0 bridgehead atoms. The lowest BCUT2D eigenvalue weighted by atomic mass is 9.63. The maximum atomic E-state index is 13.8. The molecular weight excluding hydrogens is 445 g/mol. The molecule has 9 heteroatoms. The van der Waals surface area contributed by atoms with Gasteiger partial charge in [0.2, 0.25) is 0 Å². The summed E-state index contributed by atoms with van der Waals surface area (Å²) < 4.78 is 71.0. The van der Waals surface area contributed by atoms with Crippen LogP contribution in [-0.4, -0.2) is 22.2 Å². The first kappa shape index (κ1) is 22.8. The van der Waals surface area contributed by atoms with Gasteiger partial charge in [0.25, 0.3) is 0 Å². The van der Waals surface area contributed by atoms with Gasteiger partial charge in [-0.3, -0.25) is 9.78 Å². The van der Waals surface area contributed by atoms with Crippen molar-refractivity contribution in [3.05, 3.63) is 83.4 Å². The first-order valence-corrected chi connectivity index (χ1v) is 10.0. The van der Waals surface area contributed by atoms with Gasteiger partial charge in [-0.2, -0.15) is 13.2 Å². The molecule has 0 atom stereocenters. The molecule has 1 aliphatic carbocycles. The summed E-state index contributed by atoms with van der Waals surface area (Å²) in [5.41, 5.74) is -1.04. The van der Waals surface area contributed by atoms with Crippen LogP contribution < -0.4 is 4.74 Å². The Bertz CT molecular complexity index is 1150. The molecule has 1 N–H and O–H groups in total. The van der Waals surface area contributed by atoms with Crippen molar-refractivity contribution in [3.63, 3.8) is 0 Å². The number of aliphatic hydroxyl groups is 1. The summed E-state index contributed by atoms with van der Waals surface area (Å²) in [5.74, 6) is -1.04. The second-order valence-electron chi connectivity index (χ2n) is 7.89. The van der Waals surface area contributed by atoms with Crippen LogP contribution in [0.25, 0.3) is 11.1 Å². The normalized spacial score (nSPS) is 20.2. The number of benzene rings is 2. The van der Waals surface area contributed by atoms with Gasteiger partial charge in [0.1, 0.15) is 23.4 Å². The SMILES string of the molecule is O=C(Oc1ccc(F)cc1)C1(c2ccc(-c3cnc(C(F)(F)F)cc3CO)cc2)CC(F)C1. The highest BCUT2D eigenvalue weighted by molar-refractivity contribution is 5.87. The Hall–Kier alpha value is -3.33. The minimum absolute atomic E-state index is 0.0444. The van der Waals surface area contributed by atoms with E-state index in [0.29, 0.717) is 16.7 Å². The van der Waals surface area contributed by atoms with Crippen LogP contribution >= 0.6 is 0 Å². The number of aromatic nitrogens is 1. The highest BCUT2D eigenvalue weighted by atomic mass is 19.4. The minimum Gasteiger partial charge on any atom is -0.426 e. The maximum Gasteiger partial charge on any atom is 0.433 e. The lowest BCUT2D eigenvalue weighted by molar-refractivity contribution is -0.147. The Morgan fingerprint density at radius 1 is 1.09 bits per heavy atom. The molecular formula is C24H18F5NO3. The van der Waals surface area contributed by atoms with Crippen molar-refractivity contribution in [1.82, 2.24) is 4.98 Å². The number of rotatable bonds is 5. The van der Waals surface area contributed by atoms with Crippen molar-refractivity contribution in [1.29, 1.82) is 0 Å².